The Balaban J connectivity index is 5.54. The molecule has 0 aliphatic carbocycles. The molecule has 0 bridgehead atoms. The predicted molar refractivity (Wildman–Crippen MR) is 116 cm³/mol. The van der Waals surface area contributed by atoms with Gasteiger partial charge in [0.05, 0.1) is 12.7 Å². The second-order valence-electron chi connectivity index (χ2n) is 9.71. The minimum absolute atomic E-state index is 0.294. The summed E-state index contributed by atoms with van der Waals surface area (Å²) in [5.74, 6) is 0. The average Bonchev–Trinajstić information content (AvgIpc) is 2.43. The zero-order valence-electron chi connectivity index (χ0n) is 18.7. The van der Waals surface area contributed by atoms with E-state index in [1.54, 1.807) is 0 Å². The molecule has 0 amide bonds. The van der Waals surface area contributed by atoms with Gasteiger partial charge in [-0.1, -0.05) is 13.3 Å². The van der Waals surface area contributed by atoms with Gasteiger partial charge in [0.1, 0.15) is 12.2 Å². The fraction of sp³-hybridized carbons (Fsp3) is 0.944. The first-order chi connectivity index (χ1) is 11.7. The van der Waals surface area contributed by atoms with Gasteiger partial charge in [-0.05, 0) is 65.3 Å². The van der Waals surface area contributed by atoms with Gasteiger partial charge >= 0.3 is 0 Å². The zero-order valence-corrected chi connectivity index (χ0v) is 21.7. The summed E-state index contributed by atoms with van der Waals surface area (Å²) in [4.78, 5) is 11.8. The molecule has 0 saturated carbocycles. The third kappa shape index (κ3) is 13.3. The lowest BCUT2D eigenvalue weighted by molar-refractivity contribution is -0.132. The van der Waals surface area contributed by atoms with Crippen LogP contribution in [0.1, 0.15) is 19.8 Å². The van der Waals surface area contributed by atoms with Crippen molar-refractivity contribution in [3.05, 3.63) is 0 Å². The maximum atomic E-state index is 11.8. The summed E-state index contributed by atoms with van der Waals surface area (Å²) in [6.45, 7) is 22.4. The van der Waals surface area contributed by atoms with Gasteiger partial charge in [0.25, 0.3) is 0 Å². The van der Waals surface area contributed by atoms with Gasteiger partial charge in [-0.25, -0.2) is 0 Å². The van der Waals surface area contributed by atoms with Crippen molar-refractivity contribution in [1.82, 2.24) is 0 Å². The highest BCUT2D eigenvalue weighted by Crippen LogP contribution is 2.22. The Bertz CT molecular complexity index is 399. The van der Waals surface area contributed by atoms with Crippen LogP contribution in [0.25, 0.3) is 0 Å². The second-order valence-corrected chi connectivity index (χ2v) is 23.1. The summed E-state index contributed by atoms with van der Waals surface area (Å²) < 4.78 is 24.9. The van der Waals surface area contributed by atoms with Crippen molar-refractivity contribution < 1.29 is 22.8 Å². The molecule has 26 heavy (non-hydrogen) atoms. The molecule has 8 heteroatoms. The fourth-order valence-corrected chi connectivity index (χ4v) is 5.20. The summed E-state index contributed by atoms with van der Waals surface area (Å²) >= 11 is 0. The Morgan fingerprint density at radius 2 is 1.38 bits per heavy atom. The van der Waals surface area contributed by atoms with Crippen LogP contribution in [0.3, 0.4) is 0 Å². The highest BCUT2D eigenvalue weighted by molar-refractivity contribution is 6.70. The van der Waals surface area contributed by atoms with Crippen molar-refractivity contribution in [2.24, 2.45) is 0 Å². The number of carbonyl (C=O) groups is 1. The Morgan fingerprint density at radius 3 is 1.77 bits per heavy atom. The standard InChI is InChI=1S/C18H42O5Si3/c1-11-12-13-20-16(14-19)18(23-26(8,9)10)17(22-25(5,6)7)15-21-24(2,3)4/h14,16-18H,11-13,15H2,1-10H3/t16-,17-,18+/m0/s1. The molecule has 0 aromatic carbocycles. The van der Waals surface area contributed by atoms with E-state index < -0.39 is 37.2 Å². The monoisotopic (exact) mass is 422 g/mol. The highest BCUT2D eigenvalue weighted by Gasteiger charge is 2.38. The summed E-state index contributed by atoms with van der Waals surface area (Å²) in [7, 11) is -5.47. The molecule has 0 spiro atoms. The van der Waals surface area contributed by atoms with E-state index in [1.165, 1.54) is 0 Å². The van der Waals surface area contributed by atoms with Gasteiger partial charge in [-0.15, -0.1) is 0 Å². The lowest BCUT2D eigenvalue weighted by atomic mass is 10.1. The molecule has 0 heterocycles. The maximum Gasteiger partial charge on any atom is 0.184 e. The van der Waals surface area contributed by atoms with E-state index >= 15 is 0 Å². The quantitative estimate of drug-likeness (QED) is 0.231. The number of hydrogen-bond acceptors (Lipinski definition) is 5. The minimum Gasteiger partial charge on any atom is -0.415 e. The van der Waals surface area contributed by atoms with E-state index in [9.17, 15) is 4.79 Å². The first kappa shape index (κ1) is 26.2. The molecule has 0 rings (SSSR count). The molecule has 0 unspecified atom stereocenters. The van der Waals surface area contributed by atoms with Crippen molar-refractivity contribution in [2.75, 3.05) is 13.2 Å². The molecular weight excluding hydrogens is 380 g/mol. The highest BCUT2D eigenvalue weighted by atomic mass is 28.4. The molecule has 3 atom stereocenters. The maximum absolute atomic E-state index is 11.8. The minimum atomic E-state index is -1.91. The van der Waals surface area contributed by atoms with Crippen molar-refractivity contribution in [2.45, 2.75) is 97.0 Å². The van der Waals surface area contributed by atoms with Crippen LogP contribution in [0.2, 0.25) is 58.9 Å². The summed E-state index contributed by atoms with van der Waals surface area (Å²) in [5, 5.41) is 0. The Labute approximate surface area is 164 Å². The van der Waals surface area contributed by atoms with Crippen molar-refractivity contribution in [1.29, 1.82) is 0 Å². The van der Waals surface area contributed by atoms with Gasteiger partial charge in [-0.3, -0.25) is 0 Å². The summed E-state index contributed by atoms with van der Waals surface area (Å²) in [6, 6.07) is 0. The lowest BCUT2D eigenvalue weighted by Crippen LogP contribution is -2.54. The van der Waals surface area contributed by atoms with Crippen molar-refractivity contribution in [3.63, 3.8) is 0 Å². The van der Waals surface area contributed by atoms with Crippen LogP contribution in [-0.2, 0) is 22.8 Å². The molecule has 0 aromatic heterocycles. The fourth-order valence-electron chi connectivity index (χ4n) is 2.32. The first-order valence-electron chi connectivity index (χ1n) is 9.75. The largest absolute Gasteiger partial charge is 0.415 e. The third-order valence-electron chi connectivity index (χ3n) is 3.31. The lowest BCUT2D eigenvalue weighted by Gasteiger charge is -2.39. The molecule has 5 nitrogen and oxygen atoms in total. The van der Waals surface area contributed by atoms with Gasteiger partial charge in [0.2, 0.25) is 0 Å². The van der Waals surface area contributed by atoms with Crippen LogP contribution < -0.4 is 0 Å². The molecule has 0 saturated heterocycles. The van der Waals surface area contributed by atoms with Crippen LogP contribution in [0, 0.1) is 0 Å². The van der Waals surface area contributed by atoms with E-state index in [-0.39, 0.29) is 6.10 Å². The molecule has 0 N–H and O–H groups in total. The second kappa shape index (κ2) is 11.2. The molecule has 0 aliphatic heterocycles. The van der Waals surface area contributed by atoms with E-state index in [4.69, 9.17) is 18.0 Å². The number of rotatable bonds is 14. The topological polar surface area (TPSA) is 54.0 Å². The van der Waals surface area contributed by atoms with Gasteiger partial charge in [0.15, 0.2) is 31.2 Å². The van der Waals surface area contributed by atoms with Crippen LogP contribution in [0.4, 0.5) is 0 Å². The van der Waals surface area contributed by atoms with Crippen molar-refractivity contribution >= 4 is 31.2 Å². The Hall–Kier alpha value is 0.161. The number of ether oxygens (including phenoxy) is 1. The normalized spacial score (nSPS) is 17.0. The van der Waals surface area contributed by atoms with E-state index in [1.807, 2.05) is 0 Å². The SMILES string of the molecule is CCCCO[C@@H](C=O)[C@@H](O[Si](C)(C)C)[C@H](CO[Si](C)(C)C)O[Si](C)(C)C. The first-order valence-corrected chi connectivity index (χ1v) is 20.0. The molecule has 0 aliphatic rings. The molecule has 0 radical (unpaired) electrons. The van der Waals surface area contributed by atoms with Crippen LogP contribution >= 0.6 is 0 Å². The van der Waals surface area contributed by atoms with Crippen LogP contribution in [0.15, 0.2) is 0 Å². The third-order valence-corrected chi connectivity index (χ3v) is 6.33. The van der Waals surface area contributed by atoms with Gasteiger partial charge in [0, 0.05) is 6.61 Å². The Kier molecular flexibility index (Phi) is 11.3. The predicted octanol–water partition coefficient (Wildman–Crippen LogP) is 4.66. The molecule has 0 aromatic rings. The number of unbranched alkanes of at least 4 members (excludes halogenated alkanes) is 1. The van der Waals surface area contributed by atoms with Gasteiger partial charge < -0.3 is 22.8 Å². The van der Waals surface area contributed by atoms with E-state index in [2.05, 4.69) is 65.8 Å². The van der Waals surface area contributed by atoms with Crippen LogP contribution in [0.5, 0.6) is 0 Å². The molecular formula is C18H42O5Si3. The average molecular weight is 423 g/mol. The zero-order chi connectivity index (χ0) is 20.6. The van der Waals surface area contributed by atoms with E-state index in [0.717, 1.165) is 19.1 Å². The van der Waals surface area contributed by atoms with Crippen molar-refractivity contribution in [3.8, 4) is 0 Å². The molecule has 156 valence electrons. The Morgan fingerprint density at radius 1 is 0.846 bits per heavy atom. The number of carbonyl (C=O) groups excluding carboxylic acids is 1. The smallest absolute Gasteiger partial charge is 0.184 e. The van der Waals surface area contributed by atoms with E-state index in [0.29, 0.717) is 13.2 Å². The molecule has 0 fully saturated rings. The number of hydrogen-bond donors (Lipinski definition) is 0. The number of aldehydes is 1. The van der Waals surface area contributed by atoms with Crippen LogP contribution in [-0.4, -0.2) is 62.8 Å². The van der Waals surface area contributed by atoms with Gasteiger partial charge in [-0.2, -0.15) is 0 Å². The summed E-state index contributed by atoms with van der Waals surface area (Å²) in [6.07, 6.45) is 1.47. The summed E-state index contributed by atoms with van der Waals surface area (Å²) in [5.41, 5.74) is 0.